The second kappa shape index (κ2) is 10.1. The summed E-state index contributed by atoms with van der Waals surface area (Å²) in [4.78, 5) is 40.7. The number of anilines is 1. The molecule has 10 nitrogen and oxygen atoms in total. The molecule has 1 saturated heterocycles. The van der Waals surface area contributed by atoms with Gasteiger partial charge in [0.1, 0.15) is 5.82 Å². The molecule has 0 radical (unpaired) electrons. The SMILES string of the molecule is Cc1cc(C)c(CNC(=O)c2cc(-c3cccnc3N3CCNCC3)nc3c2cnn3C(C)C)c(=O)[nH]1. The van der Waals surface area contributed by atoms with Crippen molar-refractivity contribution in [2.24, 2.45) is 0 Å². The minimum atomic E-state index is -0.288. The number of hydrogen-bond donors (Lipinski definition) is 3. The van der Waals surface area contributed by atoms with Gasteiger partial charge in [0.25, 0.3) is 11.5 Å². The summed E-state index contributed by atoms with van der Waals surface area (Å²) in [6.07, 6.45) is 3.47. The first-order valence-corrected chi connectivity index (χ1v) is 12.6. The Hall–Kier alpha value is -4.05. The number of carbonyl (C=O) groups excluding carboxylic acids is 1. The first kappa shape index (κ1) is 24.6. The number of piperazine rings is 1. The number of nitrogens with zero attached hydrogens (tertiary/aromatic N) is 5. The van der Waals surface area contributed by atoms with Crippen LogP contribution in [0.3, 0.4) is 0 Å². The van der Waals surface area contributed by atoms with Gasteiger partial charge >= 0.3 is 0 Å². The van der Waals surface area contributed by atoms with Crippen molar-refractivity contribution in [2.75, 3.05) is 31.1 Å². The molecule has 1 fully saturated rings. The number of nitrogens with one attached hydrogen (secondary N) is 3. The maximum Gasteiger partial charge on any atom is 0.253 e. The zero-order chi connectivity index (χ0) is 26.1. The van der Waals surface area contributed by atoms with Crippen LogP contribution in [0.15, 0.2) is 41.5 Å². The number of aromatic nitrogens is 5. The topological polar surface area (TPSA) is 121 Å². The number of hydrogen-bond acceptors (Lipinski definition) is 7. The van der Waals surface area contributed by atoms with Crippen LogP contribution < -0.4 is 21.1 Å². The lowest BCUT2D eigenvalue weighted by Crippen LogP contribution is -2.44. The predicted octanol–water partition coefficient (Wildman–Crippen LogP) is 2.72. The van der Waals surface area contributed by atoms with Gasteiger partial charge in [0.15, 0.2) is 5.65 Å². The summed E-state index contributed by atoms with van der Waals surface area (Å²) in [5, 5.41) is 11.5. The fourth-order valence-corrected chi connectivity index (χ4v) is 4.81. The highest BCUT2D eigenvalue weighted by Gasteiger charge is 2.22. The lowest BCUT2D eigenvalue weighted by atomic mass is 10.1. The van der Waals surface area contributed by atoms with E-state index in [2.05, 4.69) is 30.6 Å². The van der Waals surface area contributed by atoms with E-state index in [0.717, 1.165) is 48.8 Å². The summed E-state index contributed by atoms with van der Waals surface area (Å²) < 4.78 is 1.82. The van der Waals surface area contributed by atoms with Crippen LogP contribution in [0.25, 0.3) is 22.3 Å². The molecule has 37 heavy (non-hydrogen) atoms. The Balaban J connectivity index is 1.57. The Morgan fingerprint density at radius 2 is 1.97 bits per heavy atom. The predicted molar refractivity (Wildman–Crippen MR) is 144 cm³/mol. The summed E-state index contributed by atoms with van der Waals surface area (Å²) in [6, 6.07) is 7.65. The Labute approximate surface area is 215 Å². The minimum absolute atomic E-state index is 0.0615. The average Bonchev–Trinajstić information content (AvgIpc) is 3.32. The molecule has 0 aromatic carbocycles. The molecule has 1 aliphatic rings. The fraction of sp³-hybridized carbons (Fsp3) is 0.370. The normalized spacial score (nSPS) is 13.9. The average molecular weight is 501 g/mol. The second-order valence-electron chi connectivity index (χ2n) is 9.71. The van der Waals surface area contributed by atoms with Gasteiger partial charge in [-0.05, 0) is 57.5 Å². The van der Waals surface area contributed by atoms with Gasteiger partial charge in [-0.15, -0.1) is 0 Å². The molecule has 0 saturated carbocycles. The molecular formula is C27H32N8O2. The van der Waals surface area contributed by atoms with Crippen LogP contribution in [0.2, 0.25) is 0 Å². The standard InChI is InChI=1S/C27H32N8O2/c1-16(2)35-25-22(15-31-35)20(26(36)30-14-21-17(3)12-18(4)32-27(21)37)13-23(33-25)19-6-5-7-29-24(19)34-10-8-28-9-11-34/h5-7,12-13,15-16,28H,8-11,14H2,1-4H3,(H,30,36)(H,32,37). The minimum Gasteiger partial charge on any atom is -0.354 e. The third-order valence-electron chi connectivity index (χ3n) is 6.70. The quantitative estimate of drug-likeness (QED) is 0.372. The third kappa shape index (κ3) is 4.84. The van der Waals surface area contributed by atoms with Gasteiger partial charge < -0.3 is 20.5 Å². The van der Waals surface area contributed by atoms with E-state index in [4.69, 9.17) is 4.98 Å². The summed E-state index contributed by atoms with van der Waals surface area (Å²) in [5.41, 5.74) is 4.59. The van der Waals surface area contributed by atoms with Crippen LogP contribution in [0.5, 0.6) is 0 Å². The number of amides is 1. The van der Waals surface area contributed by atoms with Gasteiger partial charge in [0.2, 0.25) is 0 Å². The number of aromatic amines is 1. The maximum atomic E-state index is 13.5. The first-order valence-electron chi connectivity index (χ1n) is 12.6. The molecule has 0 spiro atoms. The van der Waals surface area contributed by atoms with E-state index in [-0.39, 0.29) is 24.1 Å². The lowest BCUT2D eigenvalue weighted by molar-refractivity contribution is 0.0952. The van der Waals surface area contributed by atoms with Crippen molar-refractivity contribution in [1.82, 2.24) is 35.4 Å². The van der Waals surface area contributed by atoms with E-state index >= 15 is 0 Å². The molecule has 0 unspecified atom stereocenters. The van der Waals surface area contributed by atoms with Crippen molar-refractivity contribution in [3.63, 3.8) is 0 Å². The van der Waals surface area contributed by atoms with Crippen LogP contribution >= 0.6 is 0 Å². The summed E-state index contributed by atoms with van der Waals surface area (Å²) in [7, 11) is 0. The highest BCUT2D eigenvalue weighted by Crippen LogP contribution is 2.31. The van der Waals surface area contributed by atoms with Crippen LogP contribution in [-0.2, 0) is 6.54 Å². The van der Waals surface area contributed by atoms with Crippen molar-refractivity contribution in [3.05, 3.63) is 69.4 Å². The van der Waals surface area contributed by atoms with E-state index in [1.807, 2.05) is 50.6 Å². The van der Waals surface area contributed by atoms with Crippen molar-refractivity contribution in [3.8, 4) is 11.3 Å². The summed E-state index contributed by atoms with van der Waals surface area (Å²) in [6.45, 7) is 11.3. The molecule has 1 amide bonds. The van der Waals surface area contributed by atoms with E-state index in [1.54, 1.807) is 18.5 Å². The van der Waals surface area contributed by atoms with Gasteiger partial charge in [-0.3, -0.25) is 9.59 Å². The molecule has 0 aliphatic carbocycles. The molecule has 0 bridgehead atoms. The molecule has 5 rings (SSSR count). The van der Waals surface area contributed by atoms with Crippen LogP contribution in [-0.4, -0.2) is 56.8 Å². The number of fused-ring (bicyclic) bond motifs is 1. The van der Waals surface area contributed by atoms with Crippen LogP contribution in [0.1, 0.15) is 47.1 Å². The maximum absolute atomic E-state index is 13.5. The van der Waals surface area contributed by atoms with Gasteiger partial charge in [-0.25, -0.2) is 14.6 Å². The molecule has 4 aromatic heterocycles. The number of rotatable bonds is 6. The highest BCUT2D eigenvalue weighted by atomic mass is 16.1. The van der Waals surface area contributed by atoms with Gasteiger partial charge in [-0.2, -0.15) is 5.10 Å². The number of pyridine rings is 3. The van der Waals surface area contributed by atoms with Crippen molar-refractivity contribution >= 4 is 22.8 Å². The smallest absolute Gasteiger partial charge is 0.253 e. The van der Waals surface area contributed by atoms with Gasteiger partial charge in [0.05, 0.1) is 22.8 Å². The molecule has 10 heteroatoms. The Bertz CT molecular complexity index is 1510. The van der Waals surface area contributed by atoms with Crippen LogP contribution in [0.4, 0.5) is 5.82 Å². The summed E-state index contributed by atoms with van der Waals surface area (Å²) >= 11 is 0. The second-order valence-corrected chi connectivity index (χ2v) is 9.71. The van der Waals surface area contributed by atoms with E-state index < -0.39 is 0 Å². The van der Waals surface area contributed by atoms with Crippen LogP contribution in [0, 0.1) is 13.8 Å². The molecule has 4 aromatic rings. The lowest BCUT2D eigenvalue weighted by Gasteiger charge is -2.29. The Morgan fingerprint density at radius 1 is 1.19 bits per heavy atom. The molecular weight excluding hydrogens is 468 g/mol. The fourth-order valence-electron chi connectivity index (χ4n) is 4.81. The number of aryl methyl sites for hydroxylation is 2. The first-order chi connectivity index (χ1) is 17.8. The van der Waals surface area contributed by atoms with Gasteiger partial charge in [-0.1, -0.05) is 0 Å². The molecule has 192 valence electrons. The van der Waals surface area contributed by atoms with Crippen molar-refractivity contribution < 1.29 is 4.79 Å². The third-order valence-corrected chi connectivity index (χ3v) is 6.70. The largest absolute Gasteiger partial charge is 0.354 e. The molecule has 0 atom stereocenters. The monoisotopic (exact) mass is 500 g/mol. The zero-order valence-corrected chi connectivity index (χ0v) is 21.6. The van der Waals surface area contributed by atoms with Gasteiger partial charge in [0, 0.05) is 61.8 Å². The number of H-pyrrole nitrogens is 1. The Kier molecular flexibility index (Phi) is 6.75. The molecule has 5 heterocycles. The summed E-state index contributed by atoms with van der Waals surface area (Å²) in [5.74, 6) is 0.559. The number of carbonyl (C=O) groups is 1. The molecule has 3 N–H and O–H groups in total. The van der Waals surface area contributed by atoms with E-state index in [0.29, 0.717) is 27.9 Å². The Morgan fingerprint density at radius 3 is 2.70 bits per heavy atom. The van der Waals surface area contributed by atoms with E-state index in [9.17, 15) is 9.59 Å². The molecule has 1 aliphatic heterocycles. The highest BCUT2D eigenvalue weighted by molar-refractivity contribution is 6.06. The van der Waals surface area contributed by atoms with Crippen molar-refractivity contribution in [1.29, 1.82) is 0 Å². The van der Waals surface area contributed by atoms with Crippen molar-refractivity contribution in [2.45, 2.75) is 40.3 Å². The van der Waals surface area contributed by atoms with E-state index in [1.165, 1.54) is 0 Å². The zero-order valence-electron chi connectivity index (χ0n) is 21.6.